The van der Waals surface area contributed by atoms with Crippen LogP contribution in [0.1, 0.15) is 19.0 Å². The van der Waals surface area contributed by atoms with E-state index in [2.05, 4.69) is 25.3 Å². The summed E-state index contributed by atoms with van der Waals surface area (Å²) < 4.78 is 40.2. The minimum absolute atomic E-state index is 0.0380. The van der Waals surface area contributed by atoms with Gasteiger partial charge in [0.25, 0.3) is 0 Å². The maximum Gasteiger partial charge on any atom is 0.411 e. The summed E-state index contributed by atoms with van der Waals surface area (Å²) in [6.07, 6.45) is -1.33. The third-order valence-corrected chi connectivity index (χ3v) is 2.73. The van der Waals surface area contributed by atoms with E-state index in [0.29, 0.717) is 32.0 Å². The Kier molecular flexibility index (Phi) is 9.04. The second-order valence-corrected chi connectivity index (χ2v) is 4.78. The van der Waals surface area contributed by atoms with Crippen LogP contribution in [0.2, 0.25) is 0 Å². The first-order chi connectivity index (χ1) is 11.0. The summed E-state index contributed by atoms with van der Waals surface area (Å²) >= 11 is 0. The Balaban J connectivity index is 2.22. The topological polar surface area (TPSA) is 58.5 Å². The van der Waals surface area contributed by atoms with Crippen molar-refractivity contribution in [3.63, 3.8) is 0 Å². The molecule has 0 atom stereocenters. The largest absolute Gasteiger partial charge is 0.411 e. The molecule has 2 N–H and O–H groups in total. The van der Waals surface area contributed by atoms with E-state index in [4.69, 9.17) is 0 Å². The normalized spacial score (nSPS) is 12.3. The average molecular weight is 332 g/mol. The van der Waals surface area contributed by atoms with Crippen LogP contribution in [0.5, 0.6) is 0 Å². The highest BCUT2D eigenvalue weighted by Gasteiger charge is 2.27. The fourth-order valence-corrected chi connectivity index (χ4v) is 1.74. The summed E-state index contributed by atoms with van der Waals surface area (Å²) in [7, 11) is 0. The van der Waals surface area contributed by atoms with E-state index < -0.39 is 12.8 Å². The number of guanidine groups is 1. The van der Waals surface area contributed by atoms with Gasteiger partial charge in [-0.15, -0.1) is 0 Å². The molecule has 0 amide bonds. The van der Waals surface area contributed by atoms with Crippen LogP contribution in [-0.4, -0.2) is 50.0 Å². The van der Waals surface area contributed by atoms with Crippen molar-refractivity contribution >= 4 is 5.96 Å². The molecule has 8 heteroatoms. The van der Waals surface area contributed by atoms with Crippen molar-refractivity contribution in [1.29, 1.82) is 0 Å². The first kappa shape index (κ1) is 19.2. The number of nitrogens with zero attached hydrogens (tertiary/aromatic N) is 2. The fourth-order valence-electron chi connectivity index (χ4n) is 1.74. The zero-order valence-corrected chi connectivity index (χ0v) is 13.2. The Morgan fingerprint density at radius 3 is 2.78 bits per heavy atom. The number of pyridine rings is 1. The third kappa shape index (κ3) is 10.5. The molecule has 5 nitrogen and oxygen atoms in total. The summed E-state index contributed by atoms with van der Waals surface area (Å²) in [4.78, 5) is 8.52. The van der Waals surface area contributed by atoms with Crippen LogP contribution in [-0.2, 0) is 11.2 Å². The highest BCUT2D eigenvalue weighted by Crippen LogP contribution is 2.14. The lowest BCUT2D eigenvalue weighted by Gasteiger charge is -2.11. The maximum absolute atomic E-state index is 11.9. The van der Waals surface area contributed by atoms with Crippen LogP contribution >= 0.6 is 0 Å². The van der Waals surface area contributed by atoms with E-state index in [1.54, 1.807) is 6.20 Å². The summed E-state index contributed by atoms with van der Waals surface area (Å²) in [5.74, 6) is 0.638. The molecule has 0 aliphatic carbocycles. The zero-order valence-electron chi connectivity index (χ0n) is 13.2. The van der Waals surface area contributed by atoms with Gasteiger partial charge < -0.3 is 15.4 Å². The van der Waals surface area contributed by atoms with E-state index in [-0.39, 0.29) is 6.61 Å². The summed E-state index contributed by atoms with van der Waals surface area (Å²) in [6, 6.07) is 5.75. The number of hydrogen-bond donors (Lipinski definition) is 2. The zero-order chi connectivity index (χ0) is 17.0. The van der Waals surface area contributed by atoms with E-state index in [1.807, 2.05) is 25.1 Å². The molecule has 0 saturated heterocycles. The lowest BCUT2D eigenvalue weighted by Crippen LogP contribution is -2.38. The molecule has 1 aromatic heterocycles. The molecule has 0 aliphatic rings. The number of aromatic nitrogens is 1. The number of rotatable bonds is 9. The fraction of sp³-hybridized carbons (Fsp3) is 0.600. The van der Waals surface area contributed by atoms with Gasteiger partial charge in [-0.2, -0.15) is 13.2 Å². The van der Waals surface area contributed by atoms with E-state index in [0.717, 1.165) is 12.1 Å². The Labute approximate surface area is 134 Å². The van der Waals surface area contributed by atoms with Crippen molar-refractivity contribution < 1.29 is 17.9 Å². The van der Waals surface area contributed by atoms with Gasteiger partial charge in [-0.3, -0.25) is 9.98 Å². The Morgan fingerprint density at radius 1 is 1.30 bits per heavy atom. The number of halogens is 3. The Bertz CT molecular complexity index is 452. The summed E-state index contributed by atoms with van der Waals surface area (Å²) in [6.45, 7) is 2.56. The minimum atomic E-state index is -4.27. The summed E-state index contributed by atoms with van der Waals surface area (Å²) in [5, 5.41) is 6.24. The van der Waals surface area contributed by atoms with Crippen molar-refractivity contribution in [2.75, 3.05) is 32.8 Å². The van der Waals surface area contributed by atoms with Crippen LogP contribution in [0.3, 0.4) is 0 Å². The molecule has 23 heavy (non-hydrogen) atoms. The molecular formula is C15H23F3N4O. The Morgan fingerprint density at radius 2 is 2.13 bits per heavy atom. The quantitative estimate of drug-likeness (QED) is 0.413. The van der Waals surface area contributed by atoms with Gasteiger partial charge in [-0.1, -0.05) is 6.07 Å². The third-order valence-electron chi connectivity index (χ3n) is 2.73. The lowest BCUT2D eigenvalue weighted by molar-refractivity contribution is -0.173. The van der Waals surface area contributed by atoms with Crippen LogP contribution in [0.4, 0.5) is 13.2 Å². The van der Waals surface area contributed by atoms with Gasteiger partial charge in [0.05, 0.1) is 0 Å². The molecule has 1 aromatic rings. The number of hydrogen-bond acceptors (Lipinski definition) is 3. The SMILES string of the molecule is CCNC(=NCCCOCC(F)(F)F)NCCc1ccccn1. The van der Waals surface area contributed by atoms with Crippen LogP contribution in [0.15, 0.2) is 29.4 Å². The molecule has 0 aromatic carbocycles. The number of ether oxygens (including phenoxy) is 1. The molecule has 0 fully saturated rings. The molecule has 0 radical (unpaired) electrons. The van der Waals surface area contributed by atoms with Gasteiger partial charge >= 0.3 is 6.18 Å². The molecule has 1 heterocycles. The van der Waals surface area contributed by atoms with Crippen LogP contribution < -0.4 is 10.6 Å². The van der Waals surface area contributed by atoms with Gasteiger partial charge in [0.15, 0.2) is 5.96 Å². The average Bonchev–Trinajstić information content (AvgIpc) is 2.50. The van der Waals surface area contributed by atoms with Crippen molar-refractivity contribution in [2.45, 2.75) is 25.9 Å². The minimum Gasteiger partial charge on any atom is -0.372 e. The predicted molar refractivity (Wildman–Crippen MR) is 83.4 cm³/mol. The smallest absolute Gasteiger partial charge is 0.372 e. The van der Waals surface area contributed by atoms with Gasteiger partial charge in [0, 0.05) is 44.6 Å². The van der Waals surface area contributed by atoms with Gasteiger partial charge in [0.2, 0.25) is 0 Å². The molecule has 0 aliphatic heterocycles. The highest BCUT2D eigenvalue weighted by molar-refractivity contribution is 5.79. The maximum atomic E-state index is 11.9. The van der Waals surface area contributed by atoms with Gasteiger partial charge in [-0.05, 0) is 25.5 Å². The van der Waals surface area contributed by atoms with Gasteiger partial charge in [-0.25, -0.2) is 0 Å². The van der Waals surface area contributed by atoms with Crippen LogP contribution in [0.25, 0.3) is 0 Å². The lowest BCUT2D eigenvalue weighted by atomic mass is 10.3. The highest BCUT2D eigenvalue weighted by atomic mass is 19.4. The number of nitrogens with one attached hydrogen (secondary N) is 2. The molecule has 1 rings (SSSR count). The van der Waals surface area contributed by atoms with Crippen molar-refractivity contribution in [1.82, 2.24) is 15.6 Å². The predicted octanol–water partition coefficient (Wildman–Crippen LogP) is 2.15. The Hall–Kier alpha value is -1.83. The summed E-state index contributed by atoms with van der Waals surface area (Å²) in [5.41, 5.74) is 0.983. The van der Waals surface area contributed by atoms with E-state index in [1.165, 1.54) is 0 Å². The molecule has 0 unspecified atom stereocenters. The second kappa shape index (κ2) is 10.8. The van der Waals surface area contributed by atoms with Crippen LogP contribution in [0, 0.1) is 0 Å². The van der Waals surface area contributed by atoms with Crippen molar-refractivity contribution in [3.8, 4) is 0 Å². The van der Waals surface area contributed by atoms with Crippen molar-refractivity contribution in [3.05, 3.63) is 30.1 Å². The molecule has 130 valence electrons. The first-order valence-electron chi connectivity index (χ1n) is 7.58. The molecule has 0 bridgehead atoms. The van der Waals surface area contributed by atoms with E-state index >= 15 is 0 Å². The number of alkyl halides is 3. The van der Waals surface area contributed by atoms with Gasteiger partial charge in [0.1, 0.15) is 6.61 Å². The second-order valence-electron chi connectivity index (χ2n) is 4.78. The molecular weight excluding hydrogens is 309 g/mol. The molecule has 0 spiro atoms. The molecule has 0 saturated carbocycles. The van der Waals surface area contributed by atoms with Crippen molar-refractivity contribution in [2.24, 2.45) is 4.99 Å². The monoisotopic (exact) mass is 332 g/mol. The van der Waals surface area contributed by atoms with E-state index in [9.17, 15) is 13.2 Å². The standard InChI is InChI=1S/C15H23F3N4O/c1-2-19-14(21-9-5-11-23-12-15(16,17)18)22-10-7-13-6-3-4-8-20-13/h3-4,6,8H,2,5,7,9-12H2,1H3,(H2,19,21,22). The first-order valence-corrected chi connectivity index (χ1v) is 7.58. The number of aliphatic imine (C=N–C) groups is 1.